The molecule has 2 aromatic heterocycles. The van der Waals surface area contributed by atoms with Crippen molar-refractivity contribution in [3.05, 3.63) is 52.3 Å². The van der Waals surface area contributed by atoms with Crippen LogP contribution in [0.25, 0.3) is 10.9 Å². The van der Waals surface area contributed by atoms with Gasteiger partial charge in [0.25, 0.3) is 0 Å². The number of benzene rings is 1. The fourth-order valence-electron chi connectivity index (χ4n) is 3.61. The molecule has 3 aromatic rings. The minimum Gasteiger partial charge on any atom is -0.374 e. The Morgan fingerprint density at radius 3 is 3.04 bits per heavy atom. The lowest BCUT2D eigenvalue weighted by atomic mass is 9.92. The van der Waals surface area contributed by atoms with Crippen LogP contribution in [0.2, 0.25) is 0 Å². The first kappa shape index (κ1) is 14.7. The van der Waals surface area contributed by atoms with Gasteiger partial charge in [-0.25, -0.2) is 4.99 Å². The average molecular weight is 349 g/mol. The van der Waals surface area contributed by atoms with Crippen LogP contribution in [-0.2, 0) is 0 Å². The van der Waals surface area contributed by atoms with E-state index >= 15 is 0 Å². The van der Waals surface area contributed by atoms with Crippen molar-refractivity contribution in [2.24, 2.45) is 4.99 Å². The maximum atomic E-state index is 12.9. The summed E-state index contributed by atoms with van der Waals surface area (Å²) in [6.45, 7) is 2.51. The molecule has 0 amide bonds. The number of fused-ring (bicyclic) bond motifs is 3. The zero-order valence-electron chi connectivity index (χ0n) is 13.6. The van der Waals surface area contributed by atoms with E-state index in [9.17, 15) is 9.90 Å². The second-order valence-electron chi connectivity index (χ2n) is 6.48. The summed E-state index contributed by atoms with van der Waals surface area (Å²) in [7, 11) is 0. The maximum Gasteiger partial charge on any atom is 0.214 e. The van der Waals surface area contributed by atoms with Crippen LogP contribution in [0.15, 0.2) is 47.6 Å². The van der Waals surface area contributed by atoms with E-state index in [-0.39, 0.29) is 5.78 Å². The Labute approximate surface area is 148 Å². The lowest BCUT2D eigenvalue weighted by Gasteiger charge is -2.28. The molecular weight excluding hydrogens is 334 g/mol. The van der Waals surface area contributed by atoms with Gasteiger partial charge < -0.3 is 10.0 Å². The third-order valence-corrected chi connectivity index (χ3v) is 5.90. The number of thiophene rings is 1. The minimum absolute atomic E-state index is 0.226. The number of aliphatic imine (C=N–C) groups is 1. The normalized spacial score (nSPS) is 22.1. The van der Waals surface area contributed by atoms with Gasteiger partial charge in [-0.3, -0.25) is 9.78 Å². The molecule has 0 bridgehead atoms. The zero-order chi connectivity index (χ0) is 17.2. The van der Waals surface area contributed by atoms with Gasteiger partial charge in [-0.1, -0.05) is 6.07 Å². The summed E-state index contributed by atoms with van der Waals surface area (Å²) >= 11 is 1.40. The number of hydrogen-bond acceptors (Lipinski definition) is 6. The Balaban J connectivity index is 1.66. The molecule has 2 aliphatic rings. The Bertz CT molecular complexity index is 1070. The molecule has 1 N–H and O–H groups in total. The van der Waals surface area contributed by atoms with Crippen molar-refractivity contribution in [2.75, 3.05) is 11.4 Å². The molecule has 1 atom stereocenters. The van der Waals surface area contributed by atoms with E-state index in [1.807, 2.05) is 48.2 Å². The molecular formula is C19H15N3O2S. The molecule has 25 heavy (non-hydrogen) atoms. The van der Waals surface area contributed by atoms with Gasteiger partial charge in [0.05, 0.1) is 16.1 Å². The van der Waals surface area contributed by atoms with Crippen molar-refractivity contribution < 1.29 is 9.90 Å². The van der Waals surface area contributed by atoms with Crippen molar-refractivity contribution in [1.29, 1.82) is 0 Å². The second-order valence-corrected chi connectivity index (χ2v) is 7.73. The minimum atomic E-state index is -1.52. The molecule has 0 aliphatic carbocycles. The molecule has 5 rings (SSSR count). The van der Waals surface area contributed by atoms with Crippen LogP contribution in [0.4, 0.5) is 11.4 Å². The molecule has 0 unspecified atom stereocenters. The first-order valence-electron chi connectivity index (χ1n) is 8.15. The summed E-state index contributed by atoms with van der Waals surface area (Å²) in [6.07, 6.45) is 2.12. The molecule has 6 heteroatoms. The first-order chi connectivity index (χ1) is 12.1. The van der Waals surface area contributed by atoms with E-state index < -0.39 is 5.60 Å². The molecule has 124 valence electrons. The van der Waals surface area contributed by atoms with Crippen LogP contribution in [0.5, 0.6) is 0 Å². The molecule has 5 nitrogen and oxygen atoms in total. The Morgan fingerprint density at radius 1 is 1.28 bits per heavy atom. The van der Waals surface area contributed by atoms with E-state index in [4.69, 9.17) is 0 Å². The number of hydrogen-bond donors (Lipinski definition) is 1. The number of nitrogens with zero attached hydrogens (tertiary/aromatic N) is 3. The number of aromatic nitrogens is 1. The molecule has 0 radical (unpaired) electrons. The maximum absolute atomic E-state index is 12.9. The first-order valence-corrected chi connectivity index (χ1v) is 8.97. The number of aryl methyl sites for hydroxylation is 1. The monoisotopic (exact) mass is 349 g/mol. The third kappa shape index (κ3) is 2.01. The molecule has 1 saturated heterocycles. The van der Waals surface area contributed by atoms with Crippen LogP contribution >= 0.6 is 11.3 Å². The highest BCUT2D eigenvalue weighted by atomic mass is 32.1. The number of pyridine rings is 1. The van der Waals surface area contributed by atoms with E-state index in [1.165, 1.54) is 11.3 Å². The Morgan fingerprint density at radius 2 is 2.16 bits per heavy atom. The van der Waals surface area contributed by atoms with Crippen molar-refractivity contribution in [3.8, 4) is 0 Å². The van der Waals surface area contributed by atoms with Crippen LogP contribution in [0.3, 0.4) is 0 Å². The van der Waals surface area contributed by atoms with Gasteiger partial charge in [0, 0.05) is 35.1 Å². The van der Waals surface area contributed by atoms with E-state index in [2.05, 4.69) is 9.98 Å². The Hall–Kier alpha value is -2.57. The van der Waals surface area contributed by atoms with Gasteiger partial charge in [-0.05, 0) is 37.3 Å². The van der Waals surface area contributed by atoms with Gasteiger partial charge >= 0.3 is 0 Å². The van der Waals surface area contributed by atoms with E-state index in [0.29, 0.717) is 29.4 Å². The van der Waals surface area contributed by atoms with Crippen LogP contribution in [0.1, 0.15) is 21.0 Å². The SMILES string of the molecule is Cc1cc2c(s1)C(=O)[C@]1(O)CCN(c3ccc4ncccc4c3)C1=N2. The highest BCUT2D eigenvalue weighted by Gasteiger charge is 2.53. The number of amidine groups is 1. The van der Waals surface area contributed by atoms with Crippen molar-refractivity contribution in [3.63, 3.8) is 0 Å². The van der Waals surface area contributed by atoms with E-state index in [1.54, 1.807) is 6.20 Å². The summed E-state index contributed by atoms with van der Waals surface area (Å²) in [5.41, 5.74) is 0.979. The number of aliphatic hydroxyl groups is 1. The Kier molecular flexibility index (Phi) is 2.93. The van der Waals surface area contributed by atoms with Gasteiger partial charge in [0.15, 0.2) is 5.60 Å². The zero-order valence-corrected chi connectivity index (χ0v) is 14.4. The number of rotatable bonds is 1. The smallest absolute Gasteiger partial charge is 0.214 e. The standard InChI is InChI=1S/C19H15N3O2S/c1-11-9-15-16(25-11)17(23)19(24)6-8-22(18(19)21-15)13-4-5-14-12(10-13)3-2-7-20-14/h2-5,7,9-10,24H,6,8H2,1H3/t19-/m1/s1. The lowest BCUT2D eigenvalue weighted by molar-refractivity contribution is 0.0607. The lowest BCUT2D eigenvalue weighted by Crippen LogP contribution is -2.48. The summed E-state index contributed by atoms with van der Waals surface area (Å²) < 4.78 is 0. The molecule has 1 aromatic carbocycles. The van der Waals surface area contributed by atoms with Crippen molar-refractivity contribution in [2.45, 2.75) is 18.9 Å². The molecule has 2 aliphatic heterocycles. The average Bonchev–Trinajstić information content (AvgIpc) is 3.16. The molecule has 4 heterocycles. The van der Waals surface area contributed by atoms with Gasteiger partial charge in [0.2, 0.25) is 5.78 Å². The van der Waals surface area contributed by atoms with Crippen LogP contribution < -0.4 is 4.90 Å². The van der Waals surface area contributed by atoms with Crippen LogP contribution in [-0.4, -0.2) is 33.9 Å². The quantitative estimate of drug-likeness (QED) is 0.730. The summed E-state index contributed by atoms with van der Waals surface area (Å²) in [5.74, 6) is 0.210. The van der Waals surface area contributed by atoms with Gasteiger partial charge in [0.1, 0.15) is 5.84 Å². The fourth-order valence-corrected chi connectivity index (χ4v) is 4.58. The highest BCUT2D eigenvalue weighted by molar-refractivity contribution is 7.14. The third-order valence-electron chi connectivity index (χ3n) is 4.86. The van der Waals surface area contributed by atoms with Crippen molar-refractivity contribution >= 4 is 45.2 Å². The molecule has 0 saturated carbocycles. The predicted molar refractivity (Wildman–Crippen MR) is 99.1 cm³/mol. The van der Waals surface area contributed by atoms with Gasteiger partial charge in [-0.15, -0.1) is 11.3 Å². The predicted octanol–water partition coefficient (Wildman–Crippen LogP) is 3.47. The number of carbonyl (C=O) groups excluding carboxylic acids is 1. The van der Waals surface area contributed by atoms with Gasteiger partial charge in [-0.2, -0.15) is 0 Å². The number of ketones is 1. The summed E-state index contributed by atoms with van der Waals surface area (Å²) in [5, 5.41) is 12.1. The largest absolute Gasteiger partial charge is 0.374 e. The summed E-state index contributed by atoms with van der Waals surface area (Å²) in [6, 6.07) is 11.7. The molecule has 0 spiro atoms. The van der Waals surface area contributed by atoms with Crippen LogP contribution in [0, 0.1) is 6.92 Å². The molecule has 1 fully saturated rings. The highest BCUT2D eigenvalue weighted by Crippen LogP contribution is 2.42. The summed E-state index contributed by atoms with van der Waals surface area (Å²) in [4.78, 5) is 25.4. The number of anilines is 1. The second kappa shape index (κ2) is 4.97. The fraction of sp³-hybridized carbons (Fsp3) is 0.211. The number of carbonyl (C=O) groups is 1. The topological polar surface area (TPSA) is 65.8 Å². The van der Waals surface area contributed by atoms with Crippen molar-refractivity contribution in [1.82, 2.24) is 4.98 Å². The number of Topliss-reactive ketones (excluding diaryl/α,β-unsaturated/α-hetero) is 1. The van der Waals surface area contributed by atoms with E-state index in [0.717, 1.165) is 21.5 Å².